The highest BCUT2D eigenvalue weighted by Gasteiger charge is 2.52. The van der Waals surface area contributed by atoms with Crippen LogP contribution in [0.2, 0.25) is 0 Å². The third-order valence-corrected chi connectivity index (χ3v) is 4.01. The third-order valence-electron chi connectivity index (χ3n) is 4.01. The predicted octanol–water partition coefficient (Wildman–Crippen LogP) is 0.575. The number of rotatable bonds is 4. The van der Waals surface area contributed by atoms with Crippen LogP contribution in [0.4, 0.5) is 0 Å². The number of hydrogen-bond donors (Lipinski definition) is 0. The topological polar surface area (TPSA) is 32.8 Å². The van der Waals surface area contributed by atoms with Gasteiger partial charge < -0.3 is 14.5 Å². The lowest BCUT2D eigenvalue weighted by atomic mass is 10.1. The van der Waals surface area contributed by atoms with E-state index in [1.807, 2.05) is 0 Å². The Morgan fingerprint density at radius 2 is 2.25 bits per heavy atom. The summed E-state index contributed by atoms with van der Waals surface area (Å²) in [5.41, 5.74) is -0.176. The molecule has 1 aliphatic carbocycles. The van der Waals surface area contributed by atoms with Crippen LogP contribution in [0.15, 0.2) is 0 Å². The average Bonchev–Trinajstić information content (AvgIpc) is 2.91. The van der Waals surface area contributed by atoms with Gasteiger partial charge in [-0.05, 0) is 39.9 Å². The lowest BCUT2D eigenvalue weighted by Gasteiger charge is -2.27. The first-order chi connectivity index (χ1) is 7.57. The first-order valence-corrected chi connectivity index (χ1v) is 6.04. The second kappa shape index (κ2) is 4.34. The Morgan fingerprint density at radius 1 is 1.56 bits per heavy atom. The van der Waals surface area contributed by atoms with Crippen LogP contribution in [0.1, 0.15) is 19.3 Å². The monoisotopic (exact) mass is 226 g/mol. The Morgan fingerprint density at radius 3 is 2.69 bits per heavy atom. The van der Waals surface area contributed by atoms with Crippen molar-refractivity contribution >= 4 is 5.97 Å². The van der Waals surface area contributed by atoms with E-state index in [-0.39, 0.29) is 11.4 Å². The third kappa shape index (κ3) is 2.23. The molecule has 4 nitrogen and oxygen atoms in total. The highest BCUT2D eigenvalue weighted by molar-refractivity contribution is 5.80. The van der Waals surface area contributed by atoms with E-state index in [1.165, 1.54) is 20.1 Å². The van der Waals surface area contributed by atoms with E-state index in [0.29, 0.717) is 6.04 Å². The van der Waals surface area contributed by atoms with Gasteiger partial charge in [0, 0.05) is 19.1 Å². The first kappa shape index (κ1) is 11.9. The van der Waals surface area contributed by atoms with Gasteiger partial charge in [-0.2, -0.15) is 0 Å². The number of carbonyl (C=O) groups excluding carboxylic acids is 1. The first-order valence-electron chi connectivity index (χ1n) is 6.04. The van der Waals surface area contributed by atoms with Gasteiger partial charge in [-0.1, -0.05) is 0 Å². The Kier molecular flexibility index (Phi) is 3.22. The number of hydrogen-bond acceptors (Lipinski definition) is 4. The van der Waals surface area contributed by atoms with E-state index in [0.717, 1.165) is 25.9 Å². The molecule has 1 unspecified atom stereocenters. The van der Waals surface area contributed by atoms with Gasteiger partial charge in [-0.3, -0.25) is 4.79 Å². The molecule has 92 valence electrons. The molecular weight excluding hydrogens is 204 g/mol. The Labute approximate surface area is 97.5 Å². The molecule has 16 heavy (non-hydrogen) atoms. The van der Waals surface area contributed by atoms with Gasteiger partial charge >= 0.3 is 5.97 Å². The van der Waals surface area contributed by atoms with Crippen LogP contribution in [-0.4, -0.2) is 62.7 Å². The van der Waals surface area contributed by atoms with Crippen LogP contribution < -0.4 is 0 Å². The van der Waals surface area contributed by atoms with Gasteiger partial charge in [0.15, 0.2) is 0 Å². The molecule has 4 heteroatoms. The molecule has 0 bridgehead atoms. The number of ether oxygens (including phenoxy) is 1. The highest BCUT2D eigenvalue weighted by atomic mass is 16.5. The maximum Gasteiger partial charge on any atom is 0.313 e. The summed E-state index contributed by atoms with van der Waals surface area (Å²) in [5.74, 6) is -0.0225. The summed E-state index contributed by atoms with van der Waals surface area (Å²) in [6.07, 6.45) is 3.20. The van der Waals surface area contributed by atoms with Crippen LogP contribution in [0, 0.1) is 5.41 Å². The van der Waals surface area contributed by atoms with Gasteiger partial charge in [-0.25, -0.2) is 0 Å². The summed E-state index contributed by atoms with van der Waals surface area (Å²) >= 11 is 0. The normalized spacial score (nSPS) is 28.4. The van der Waals surface area contributed by atoms with E-state index >= 15 is 0 Å². The second-order valence-corrected chi connectivity index (χ2v) is 5.39. The average molecular weight is 226 g/mol. The molecule has 1 aliphatic heterocycles. The number of carbonyl (C=O) groups is 1. The van der Waals surface area contributed by atoms with Crippen molar-refractivity contribution in [1.82, 2.24) is 9.80 Å². The minimum Gasteiger partial charge on any atom is -0.469 e. The number of likely N-dealkylation sites (tertiary alicyclic amines) is 1. The molecule has 2 fully saturated rings. The fourth-order valence-electron chi connectivity index (χ4n) is 2.67. The molecule has 2 aliphatic rings. The molecule has 0 spiro atoms. The molecule has 0 amide bonds. The molecule has 1 saturated carbocycles. The fraction of sp³-hybridized carbons (Fsp3) is 0.917. The van der Waals surface area contributed by atoms with Gasteiger partial charge in [0.05, 0.1) is 12.5 Å². The summed E-state index contributed by atoms with van der Waals surface area (Å²) in [6.45, 7) is 3.15. The van der Waals surface area contributed by atoms with Crippen molar-refractivity contribution in [3.8, 4) is 0 Å². The molecular formula is C12H22N2O2. The number of esters is 1. The van der Waals surface area contributed by atoms with Gasteiger partial charge in [0.1, 0.15) is 0 Å². The van der Waals surface area contributed by atoms with Crippen molar-refractivity contribution in [1.29, 1.82) is 0 Å². The van der Waals surface area contributed by atoms with Crippen molar-refractivity contribution in [3.05, 3.63) is 0 Å². The van der Waals surface area contributed by atoms with Crippen LogP contribution in [0.25, 0.3) is 0 Å². The van der Waals surface area contributed by atoms with Crippen molar-refractivity contribution < 1.29 is 9.53 Å². The molecule has 0 aromatic heterocycles. The maximum absolute atomic E-state index is 11.7. The SMILES string of the molecule is COC(=O)C1(CN(C)C2CCN(C)C2)CC1. The summed E-state index contributed by atoms with van der Waals surface area (Å²) in [5, 5.41) is 0. The van der Waals surface area contributed by atoms with Gasteiger partial charge in [0.2, 0.25) is 0 Å². The van der Waals surface area contributed by atoms with Crippen molar-refractivity contribution in [2.24, 2.45) is 5.41 Å². The van der Waals surface area contributed by atoms with Crippen molar-refractivity contribution in [2.45, 2.75) is 25.3 Å². The molecule has 1 saturated heterocycles. The standard InChI is InChI=1S/C12H22N2O2/c1-13-7-4-10(8-13)14(2)9-12(5-6-12)11(15)16-3/h10H,4-9H2,1-3H3. The Bertz CT molecular complexity index is 276. The van der Waals surface area contributed by atoms with E-state index in [1.54, 1.807) is 0 Å². The van der Waals surface area contributed by atoms with Crippen LogP contribution in [-0.2, 0) is 9.53 Å². The summed E-state index contributed by atoms with van der Waals surface area (Å²) in [7, 11) is 5.78. The number of likely N-dealkylation sites (N-methyl/N-ethyl adjacent to an activating group) is 2. The van der Waals surface area contributed by atoms with E-state index < -0.39 is 0 Å². The molecule has 2 rings (SSSR count). The lowest BCUT2D eigenvalue weighted by molar-refractivity contribution is -0.148. The van der Waals surface area contributed by atoms with Gasteiger partial charge in [-0.15, -0.1) is 0 Å². The molecule has 0 radical (unpaired) electrons. The zero-order chi connectivity index (χ0) is 11.8. The quantitative estimate of drug-likeness (QED) is 0.656. The van der Waals surface area contributed by atoms with E-state index in [2.05, 4.69) is 23.9 Å². The van der Waals surface area contributed by atoms with Crippen molar-refractivity contribution in [3.63, 3.8) is 0 Å². The summed E-state index contributed by atoms with van der Waals surface area (Å²) in [6, 6.07) is 0.604. The molecule has 1 atom stereocenters. The molecule has 0 N–H and O–H groups in total. The smallest absolute Gasteiger partial charge is 0.313 e. The predicted molar refractivity (Wildman–Crippen MR) is 62.2 cm³/mol. The summed E-state index contributed by atoms with van der Waals surface area (Å²) < 4.78 is 4.89. The largest absolute Gasteiger partial charge is 0.469 e. The highest BCUT2D eigenvalue weighted by Crippen LogP contribution is 2.47. The maximum atomic E-state index is 11.7. The van der Waals surface area contributed by atoms with Crippen LogP contribution in [0.3, 0.4) is 0 Å². The second-order valence-electron chi connectivity index (χ2n) is 5.39. The lowest BCUT2D eigenvalue weighted by Crippen LogP contribution is -2.40. The summed E-state index contributed by atoms with van der Waals surface area (Å²) in [4.78, 5) is 16.3. The minimum atomic E-state index is -0.176. The molecule has 1 heterocycles. The molecule has 0 aromatic carbocycles. The zero-order valence-electron chi connectivity index (χ0n) is 10.5. The number of nitrogens with zero attached hydrogens (tertiary/aromatic N) is 2. The Balaban J connectivity index is 1.87. The Hall–Kier alpha value is -0.610. The van der Waals surface area contributed by atoms with Crippen molar-refractivity contribution in [2.75, 3.05) is 40.8 Å². The minimum absolute atomic E-state index is 0.0225. The van der Waals surface area contributed by atoms with E-state index in [9.17, 15) is 4.79 Å². The molecule has 0 aromatic rings. The van der Waals surface area contributed by atoms with Gasteiger partial charge in [0.25, 0.3) is 0 Å². The number of methoxy groups -OCH3 is 1. The van der Waals surface area contributed by atoms with Crippen LogP contribution >= 0.6 is 0 Å². The fourth-order valence-corrected chi connectivity index (χ4v) is 2.67. The zero-order valence-corrected chi connectivity index (χ0v) is 10.5. The van der Waals surface area contributed by atoms with E-state index in [4.69, 9.17) is 4.74 Å². The van der Waals surface area contributed by atoms with Crippen LogP contribution in [0.5, 0.6) is 0 Å².